The summed E-state index contributed by atoms with van der Waals surface area (Å²) in [6.07, 6.45) is 8.35. The van der Waals surface area contributed by atoms with Crippen LogP contribution in [0.4, 0.5) is 0 Å². The summed E-state index contributed by atoms with van der Waals surface area (Å²) in [6.45, 7) is 6.66. The highest BCUT2D eigenvalue weighted by Crippen LogP contribution is 2.14. The van der Waals surface area contributed by atoms with Crippen LogP contribution in [0.2, 0.25) is 0 Å². The largest absolute Gasteiger partial charge is 0.468 e. The molecule has 92 valence electrons. The lowest BCUT2D eigenvalue weighted by Crippen LogP contribution is -2.28. The van der Waals surface area contributed by atoms with E-state index in [-0.39, 0.29) is 0 Å². The number of unbranched alkanes of at least 4 members (excludes halogenated alkanes) is 3. The Labute approximate surface area is 99.4 Å². The highest BCUT2D eigenvalue weighted by molar-refractivity contribution is 5.03. The number of furan rings is 1. The molecule has 1 heterocycles. The fourth-order valence-corrected chi connectivity index (χ4v) is 2.01. The molecule has 1 rings (SSSR count). The van der Waals surface area contributed by atoms with Crippen molar-refractivity contribution in [2.75, 3.05) is 0 Å². The van der Waals surface area contributed by atoms with Gasteiger partial charge < -0.3 is 9.73 Å². The fraction of sp³-hybridized carbons (Fsp3) is 0.714. The summed E-state index contributed by atoms with van der Waals surface area (Å²) in [5, 5.41) is 3.57. The average molecular weight is 223 g/mol. The standard InChI is InChI=1S/C14H25NO/c1-4-5-6-7-9-12(2)15-13(3)14-10-8-11-16-14/h8,10-13,15H,4-7,9H2,1-3H3/t12?,13-/m1/s1. The Morgan fingerprint density at radius 1 is 1.25 bits per heavy atom. The summed E-state index contributed by atoms with van der Waals surface area (Å²) in [5.74, 6) is 1.03. The van der Waals surface area contributed by atoms with E-state index in [0.29, 0.717) is 12.1 Å². The normalized spacial score (nSPS) is 14.9. The third-order valence-electron chi connectivity index (χ3n) is 3.00. The van der Waals surface area contributed by atoms with E-state index in [0.717, 1.165) is 5.76 Å². The van der Waals surface area contributed by atoms with Gasteiger partial charge in [-0.25, -0.2) is 0 Å². The van der Waals surface area contributed by atoms with E-state index in [2.05, 4.69) is 26.1 Å². The summed E-state index contributed by atoms with van der Waals surface area (Å²) >= 11 is 0. The molecule has 0 amide bonds. The number of hydrogen-bond donors (Lipinski definition) is 1. The van der Waals surface area contributed by atoms with Crippen LogP contribution >= 0.6 is 0 Å². The molecule has 1 aromatic rings. The van der Waals surface area contributed by atoms with Crippen LogP contribution in [-0.2, 0) is 0 Å². The molecule has 0 aliphatic carbocycles. The molecule has 1 unspecified atom stereocenters. The monoisotopic (exact) mass is 223 g/mol. The molecule has 2 atom stereocenters. The molecule has 0 bridgehead atoms. The van der Waals surface area contributed by atoms with Gasteiger partial charge in [0, 0.05) is 6.04 Å². The van der Waals surface area contributed by atoms with Crippen LogP contribution in [0.15, 0.2) is 22.8 Å². The quantitative estimate of drug-likeness (QED) is 0.665. The molecule has 0 spiro atoms. The van der Waals surface area contributed by atoms with Crippen LogP contribution in [0.5, 0.6) is 0 Å². The van der Waals surface area contributed by atoms with Crippen LogP contribution in [0.3, 0.4) is 0 Å². The maximum absolute atomic E-state index is 5.38. The SMILES string of the molecule is CCCCCCC(C)N[C@H](C)c1ccco1. The van der Waals surface area contributed by atoms with Crippen LogP contribution in [-0.4, -0.2) is 6.04 Å². The molecule has 2 heteroatoms. The van der Waals surface area contributed by atoms with E-state index in [1.54, 1.807) is 6.26 Å². The van der Waals surface area contributed by atoms with Crippen LogP contribution in [0.25, 0.3) is 0 Å². The topological polar surface area (TPSA) is 25.2 Å². The van der Waals surface area contributed by atoms with Crippen LogP contribution < -0.4 is 5.32 Å². The minimum absolute atomic E-state index is 0.316. The first-order chi connectivity index (χ1) is 7.74. The molecule has 2 nitrogen and oxygen atoms in total. The fourth-order valence-electron chi connectivity index (χ4n) is 2.01. The lowest BCUT2D eigenvalue weighted by atomic mass is 10.1. The van der Waals surface area contributed by atoms with Crippen molar-refractivity contribution in [2.45, 2.75) is 65.0 Å². The van der Waals surface area contributed by atoms with Gasteiger partial charge in [-0.1, -0.05) is 32.6 Å². The van der Waals surface area contributed by atoms with Gasteiger partial charge in [0.05, 0.1) is 12.3 Å². The first-order valence-electron chi connectivity index (χ1n) is 6.53. The number of nitrogens with one attached hydrogen (secondary N) is 1. The Kier molecular flexibility index (Phi) is 6.24. The average Bonchev–Trinajstić information content (AvgIpc) is 2.77. The Hall–Kier alpha value is -0.760. The number of rotatable bonds is 8. The molecule has 0 aliphatic rings. The highest BCUT2D eigenvalue weighted by atomic mass is 16.3. The minimum atomic E-state index is 0.316. The van der Waals surface area contributed by atoms with E-state index < -0.39 is 0 Å². The second-order valence-corrected chi connectivity index (χ2v) is 4.65. The van der Waals surface area contributed by atoms with Gasteiger partial charge >= 0.3 is 0 Å². The van der Waals surface area contributed by atoms with Gasteiger partial charge in [-0.05, 0) is 32.4 Å². The summed E-state index contributed by atoms with van der Waals surface area (Å²) in [4.78, 5) is 0. The zero-order chi connectivity index (χ0) is 11.8. The predicted molar refractivity (Wildman–Crippen MR) is 68.5 cm³/mol. The van der Waals surface area contributed by atoms with Crippen LogP contribution in [0, 0.1) is 0 Å². The molecule has 0 aromatic carbocycles. The van der Waals surface area contributed by atoms with E-state index >= 15 is 0 Å². The molecule has 0 saturated heterocycles. The third kappa shape index (κ3) is 4.84. The van der Waals surface area contributed by atoms with Gasteiger partial charge in [0.1, 0.15) is 5.76 Å². The summed E-state index contributed by atoms with van der Waals surface area (Å²) < 4.78 is 5.38. The molecule has 1 N–H and O–H groups in total. The van der Waals surface area contributed by atoms with Gasteiger partial charge in [-0.2, -0.15) is 0 Å². The Morgan fingerprint density at radius 3 is 2.69 bits per heavy atom. The predicted octanol–water partition coefficient (Wildman–Crippen LogP) is 4.29. The minimum Gasteiger partial charge on any atom is -0.468 e. The second kappa shape index (κ2) is 7.50. The lowest BCUT2D eigenvalue weighted by Gasteiger charge is -2.18. The zero-order valence-corrected chi connectivity index (χ0v) is 10.8. The van der Waals surface area contributed by atoms with Gasteiger partial charge in [0.2, 0.25) is 0 Å². The molecule has 0 aliphatic heterocycles. The lowest BCUT2D eigenvalue weighted by molar-refractivity contribution is 0.381. The summed E-state index contributed by atoms with van der Waals surface area (Å²) in [5.41, 5.74) is 0. The Bertz CT molecular complexity index is 256. The van der Waals surface area contributed by atoms with Crippen molar-refractivity contribution in [3.63, 3.8) is 0 Å². The maximum atomic E-state index is 5.38. The van der Waals surface area contributed by atoms with Crippen molar-refractivity contribution in [3.8, 4) is 0 Å². The first-order valence-corrected chi connectivity index (χ1v) is 6.53. The van der Waals surface area contributed by atoms with E-state index in [1.165, 1.54) is 32.1 Å². The van der Waals surface area contributed by atoms with E-state index in [9.17, 15) is 0 Å². The highest BCUT2D eigenvalue weighted by Gasteiger charge is 2.10. The van der Waals surface area contributed by atoms with Crippen molar-refractivity contribution in [2.24, 2.45) is 0 Å². The first kappa shape index (κ1) is 13.3. The van der Waals surface area contributed by atoms with Crippen molar-refractivity contribution in [3.05, 3.63) is 24.2 Å². The molecule has 0 saturated carbocycles. The second-order valence-electron chi connectivity index (χ2n) is 4.65. The zero-order valence-electron chi connectivity index (χ0n) is 10.8. The van der Waals surface area contributed by atoms with Gasteiger partial charge in [0.15, 0.2) is 0 Å². The van der Waals surface area contributed by atoms with Gasteiger partial charge in [0.25, 0.3) is 0 Å². The van der Waals surface area contributed by atoms with Crippen molar-refractivity contribution >= 4 is 0 Å². The molecule has 0 fully saturated rings. The van der Waals surface area contributed by atoms with Gasteiger partial charge in [-0.15, -0.1) is 0 Å². The van der Waals surface area contributed by atoms with E-state index in [1.807, 2.05) is 12.1 Å². The maximum Gasteiger partial charge on any atom is 0.120 e. The summed E-state index contributed by atoms with van der Waals surface area (Å²) in [7, 11) is 0. The number of hydrogen-bond acceptors (Lipinski definition) is 2. The molecular weight excluding hydrogens is 198 g/mol. The smallest absolute Gasteiger partial charge is 0.120 e. The van der Waals surface area contributed by atoms with Crippen molar-refractivity contribution in [1.82, 2.24) is 5.32 Å². The van der Waals surface area contributed by atoms with Gasteiger partial charge in [-0.3, -0.25) is 0 Å². The third-order valence-corrected chi connectivity index (χ3v) is 3.00. The Balaban J connectivity index is 2.16. The molecule has 0 radical (unpaired) electrons. The Morgan fingerprint density at radius 2 is 2.06 bits per heavy atom. The van der Waals surface area contributed by atoms with E-state index in [4.69, 9.17) is 4.42 Å². The van der Waals surface area contributed by atoms with Crippen LogP contribution in [0.1, 0.15) is 64.7 Å². The summed E-state index contributed by atoms with van der Waals surface area (Å²) in [6, 6.07) is 4.86. The van der Waals surface area contributed by atoms with Crippen molar-refractivity contribution < 1.29 is 4.42 Å². The molecule has 1 aromatic heterocycles. The van der Waals surface area contributed by atoms with Crippen molar-refractivity contribution in [1.29, 1.82) is 0 Å². The molecule has 16 heavy (non-hydrogen) atoms. The molecular formula is C14H25NO.